The number of ether oxygens (including phenoxy) is 1. The van der Waals surface area contributed by atoms with Gasteiger partial charge in [-0.15, -0.1) is 0 Å². The number of hydrazine groups is 1. The SMILES string of the molecule is CCCCCCOc1ccc(C(=O)NNC(=O)c2ccc(NC(=O)CCC)cc2)cc1Br. The summed E-state index contributed by atoms with van der Waals surface area (Å²) in [6.45, 7) is 4.72. The summed E-state index contributed by atoms with van der Waals surface area (Å²) in [5.74, 6) is -0.308. The zero-order chi connectivity index (χ0) is 23.3. The molecule has 3 amide bonds. The molecule has 0 aliphatic heterocycles. The van der Waals surface area contributed by atoms with E-state index in [1.807, 2.05) is 6.92 Å². The van der Waals surface area contributed by atoms with Gasteiger partial charge in [-0.1, -0.05) is 33.1 Å². The van der Waals surface area contributed by atoms with Gasteiger partial charge >= 0.3 is 0 Å². The summed E-state index contributed by atoms with van der Waals surface area (Å²) in [5, 5.41) is 2.76. The number of halogens is 1. The second kappa shape index (κ2) is 13.5. The van der Waals surface area contributed by atoms with Crippen molar-refractivity contribution in [3.8, 4) is 5.75 Å². The molecule has 0 saturated carbocycles. The lowest BCUT2D eigenvalue weighted by Crippen LogP contribution is -2.41. The fourth-order valence-electron chi connectivity index (χ4n) is 2.88. The van der Waals surface area contributed by atoms with Crippen LogP contribution in [0.2, 0.25) is 0 Å². The fourth-order valence-corrected chi connectivity index (χ4v) is 3.38. The maximum Gasteiger partial charge on any atom is 0.269 e. The topological polar surface area (TPSA) is 96.5 Å². The molecule has 2 aromatic carbocycles. The van der Waals surface area contributed by atoms with Gasteiger partial charge in [-0.05, 0) is 71.2 Å². The van der Waals surface area contributed by atoms with Crippen molar-refractivity contribution in [1.29, 1.82) is 0 Å². The van der Waals surface area contributed by atoms with E-state index in [9.17, 15) is 14.4 Å². The monoisotopic (exact) mass is 503 g/mol. The second-order valence-corrected chi connectivity index (χ2v) is 8.19. The van der Waals surface area contributed by atoms with Crippen molar-refractivity contribution in [1.82, 2.24) is 10.9 Å². The van der Waals surface area contributed by atoms with Crippen LogP contribution in [0.1, 0.15) is 73.1 Å². The van der Waals surface area contributed by atoms with Gasteiger partial charge < -0.3 is 10.1 Å². The molecule has 0 saturated heterocycles. The third-order valence-electron chi connectivity index (χ3n) is 4.65. The van der Waals surface area contributed by atoms with E-state index in [1.165, 1.54) is 12.8 Å². The molecule has 0 aromatic heterocycles. The summed E-state index contributed by atoms with van der Waals surface area (Å²) in [6, 6.07) is 11.5. The smallest absolute Gasteiger partial charge is 0.269 e. The molecule has 0 fully saturated rings. The van der Waals surface area contributed by atoms with E-state index in [1.54, 1.807) is 42.5 Å². The molecule has 0 aliphatic carbocycles. The van der Waals surface area contributed by atoms with Gasteiger partial charge in [-0.2, -0.15) is 0 Å². The quantitative estimate of drug-likeness (QED) is 0.289. The molecule has 0 atom stereocenters. The minimum absolute atomic E-state index is 0.0731. The number of anilines is 1. The van der Waals surface area contributed by atoms with Gasteiger partial charge in [0.25, 0.3) is 11.8 Å². The molecule has 0 heterocycles. The highest BCUT2D eigenvalue weighted by Crippen LogP contribution is 2.26. The lowest BCUT2D eigenvalue weighted by atomic mass is 10.2. The minimum Gasteiger partial charge on any atom is -0.492 e. The van der Waals surface area contributed by atoms with Crippen LogP contribution >= 0.6 is 15.9 Å². The highest BCUT2D eigenvalue weighted by molar-refractivity contribution is 9.10. The highest BCUT2D eigenvalue weighted by atomic mass is 79.9. The van der Waals surface area contributed by atoms with Gasteiger partial charge in [-0.25, -0.2) is 0 Å². The van der Waals surface area contributed by atoms with Crippen molar-refractivity contribution >= 4 is 39.3 Å². The first kappa shape index (κ1) is 25.4. The van der Waals surface area contributed by atoms with Crippen LogP contribution in [0.5, 0.6) is 5.75 Å². The molecule has 8 heteroatoms. The molecule has 32 heavy (non-hydrogen) atoms. The normalized spacial score (nSPS) is 10.3. The maximum absolute atomic E-state index is 12.4. The van der Waals surface area contributed by atoms with E-state index in [4.69, 9.17) is 4.74 Å². The molecule has 0 spiro atoms. The lowest BCUT2D eigenvalue weighted by molar-refractivity contribution is -0.116. The van der Waals surface area contributed by atoms with Gasteiger partial charge in [0, 0.05) is 23.2 Å². The Kier molecular flexibility index (Phi) is 10.7. The largest absolute Gasteiger partial charge is 0.492 e. The van der Waals surface area contributed by atoms with Crippen molar-refractivity contribution in [2.75, 3.05) is 11.9 Å². The molecule has 3 N–H and O–H groups in total. The minimum atomic E-state index is -0.462. The molecule has 2 aromatic rings. The molecular formula is C24H30BrN3O4. The summed E-state index contributed by atoms with van der Waals surface area (Å²) in [7, 11) is 0. The summed E-state index contributed by atoms with van der Waals surface area (Å²) < 4.78 is 6.42. The van der Waals surface area contributed by atoms with Gasteiger partial charge in [-0.3, -0.25) is 25.2 Å². The molecule has 0 radical (unpaired) electrons. The number of carbonyl (C=O) groups excluding carboxylic acids is 3. The Balaban J connectivity index is 1.84. The molecular weight excluding hydrogens is 474 g/mol. The molecule has 7 nitrogen and oxygen atoms in total. The Morgan fingerprint density at radius 2 is 1.50 bits per heavy atom. The van der Waals surface area contributed by atoms with E-state index in [0.717, 1.165) is 19.3 Å². The first-order valence-corrected chi connectivity index (χ1v) is 11.7. The third kappa shape index (κ3) is 8.34. The van der Waals surface area contributed by atoms with E-state index >= 15 is 0 Å². The van der Waals surface area contributed by atoms with Crippen molar-refractivity contribution in [3.63, 3.8) is 0 Å². The Morgan fingerprint density at radius 1 is 0.844 bits per heavy atom. The number of hydrogen-bond acceptors (Lipinski definition) is 4. The van der Waals surface area contributed by atoms with E-state index in [2.05, 4.69) is 39.0 Å². The predicted molar refractivity (Wildman–Crippen MR) is 129 cm³/mol. The summed E-state index contributed by atoms with van der Waals surface area (Å²) in [4.78, 5) is 36.3. The lowest BCUT2D eigenvalue weighted by Gasteiger charge is -2.11. The van der Waals surface area contributed by atoms with Crippen LogP contribution in [0.15, 0.2) is 46.9 Å². The van der Waals surface area contributed by atoms with Crippen LogP contribution in [-0.2, 0) is 4.79 Å². The Hall–Kier alpha value is -2.87. The first-order valence-electron chi connectivity index (χ1n) is 10.9. The van der Waals surface area contributed by atoms with Crippen LogP contribution in [0.4, 0.5) is 5.69 Å². The fraction of sp³-hybridized carbons (Fsp3) is 0.375. The van der Waals surface area contributed by atoms with Crippen LogP contribution in [-0.4, -0.2) is 24.3 Å². The molecule has 0 aliphatic rings. The number of unbranched alkanes of at least 4 members (excludes halogenated alkanes) is 3. The maximum atomic E-state index is 12.4. The van der Waals surface area contributed by atoms with Crippen LogP contribution in [0, 0.1) is 0 Å². The molecule has 2 rings (SSSR count). The number of rotatable bonds is 11. The Morgan fingerprint density at radius 3 is 2.12 bits per heavy atom. The number of carbonyl (C=O) groups is 3. The van der Waals surface area contributed by atoms with Crippen molar-refractivity contribution in [3.05, 3.63) is 58.1 Å². The zero-order valence-corrected chi connectivity index (χ0v) is 20.1. The van der Waals surface area contributed by atoms with Gasteiger partial charge in [0.1, 0.15) is 5.75 Å². The van der Waals surface area contributed by atoms with E-state index < -0.39 is 11.8 Å². The molecule has 0 bridgehead atoms. The third-order valence-corrected chi connectivity index (χ3v) is 5.27. The number of nitrogens with one attached hydrogen (secondary N) is 3. The second-order valence-electron chi connectivity index (χ2n) is 7.34. The Bertz CT molecular complexity index is 916. The van der Waals surface area contributed by atoms with Gasteiger partial charge in [0.15, 0.2) is 0 Å². The average Bonchev–Trinajstić information content (AvgIpc) is 2.78. The standard InChI is InChI=1S/C24H30BrN3O4/c1-3-5-6-7-15-32-21-14-11-18(16-20(21)25)24(31)28-27-23(30)17-9-12-19(13-10-17)26-22(29)8-4-2/h9-14,16H,3-8,15H2,1-2H3,(H,26,29)(H,27,30)(H,28,31). The van der Waals surface area contributed by atoms with Crippen molar-refractivity contribution < 1.29 is 19.1 Å². The first-order chi connectivity index (χ1) is 15.4. The van der Waals surface area contributed by atoms with Crippen LogP contribution in [0.3, 0.4) is 0 Å². The summed E-state index contributed by atoms with van der Waals surface area (Å²) >= 11 is 3.43. The Labute approximate surface area is 197 Å². The molecule has 172 valence electrons. The van der Waals surface area contributed by atoms with Crippen molar-refractivity contribution in [2.45, 2.75) is 52.4 Å². The number of benzene rings is 2. The summed E-state index contributed by atoms with van der Waals surface area (Å²) in [5.41, 5.74) is 6.14. The zero-order valence-electron chi connectivity index (χ0n) is 18.5. The van der Waals surface area contributed by atoms with Crippen LogP contribution < -0.4 is 20.9 Å². The predicted octanol–water partition coefficient (Wildman–Crippen LogP) is 5.22. The van der Waals surface area contributed by atoms with Gasteiger partial charge in [0.05, 0.1) is 11.1 Å². The average molecular weight is 504 g/mol. The number of hydrogen-bond donors (Lipinski definition) is 3. The highest BCUT2D eigenvalue weighted by Gasteiger charge is 2.12. The number of amides is 3. The van der Waals surface area contributed by atoms with Crippen LogP contribution in [0.25, 0.3) is 0 Å². The van der Waals surface area contributed by atoms with E-state index in [-0.39, 0.29) is 5.91 Å². The van der Waals surface area contributed by atoms with Crippen molar-refractivity contribution in [2.24, 2.45) is 0 Å². The molecule has 0 unspecified atom stereocenters. The van der Waals surface area contributed by atoms with E-state index in [0.29, 0.717) is 40.1 Å². The summed E-state index contributed by atoms with van der Waals surface area (Å²) in [6.07, 6.45) is 5.68. The van der Waals surface area contributed by atoms with Gasteiger partial charge in [0.2, 0.25) is 5.91 Å².